The number of aromatic nitrogens is 1. The van der Waals surface area contributed by atoms with Crippen molar-refractivity contribution in [1.82, 2.24) is 10.3 Å². The van der Waals surface area contributed by atoms with Gasteiger partial charge in [-0.05, 0) is 48.9 Å². The minimum absolute atomic E-state index is 0.0830. The molecule has 4 nitrogen and oxygen atoms in total. The maximum absolute atomic E-state index is 12.9. The lowest BCUT2D eigenvalue weighted by Gasteiger charge is -2.39. The molecule has 1 fully saturated rings. The van der Waals surface area contributed by atoms with E-state index in [1.807, 2.05) is 24.3 Å². The quantitative estimate of drug-likeness (QED) is 0.724. The predicted molar refractivity (Wildman–Crippen MR) is 114 cm³/mol. The van der Waals surface area contributed by atoms with Gasteiger partial charge in [-0.15, -0.1) is 0 Å². The number of ether oxygens (including phenoxy) is 1. The molecule has 148 valence electrons. The third kappa shape index (κ3) is 3.53. The summed E-state index contributed by atoms with van der Waals surface area (Å²) in [6.45, 7) is 1.56. The number of rotatable bonds is 4. The smallest absolute Gasteiger partial charge is 0.220 e. The number of amides is 1. The molecule has 1 spiro atoms. The number of para-hydroxylation sites is 1. The van der Waals surface area contributed by atoms with Crippen LogP contribution in [0, 0.1) is 5.41 Å². The summed E-state index contributed by atoms with van der Waals surface area (Å²) >= 11 is 0. The molecule has 0 saturated carbocycles. The van der Waals surface area contributed by atoms with Crippen molar-refractivity contribution in [3.63, 3.8) is 0 Å². The molecule has 2 aromatic carbocycles. The van der Waals surface area contributed by atoms with Gasteiger partial charge in [0.1, 0.15) is 0 Å². The van der Waals surface area contributed by atoms with Gasteiger partial charge in [0.05, 0.1) is 11.6 Å². The third-order valence-electron chi connectivity index (χ3n) is 6.58. The van der Waals surface area contributed by atoms with Crippen LogP contribution in [0.15, 0.2) is 60.7 Å². The number of hydrogen-bond acceptors (Lipinski definition) is 3. The van der Waals surface area contributed by atoms with Gasteiger partial charge >= 0.3 is 0 Å². The molecule has 1 saturated heterocycles. The Labute approximate surface area is 171 Å². The van der Waals surface area contributed by atoms with Gasteiger partial charge in [-0.3, -0.25) is 9.78 Å². The third-order valence-corrected chi connectivity index (χ3v) is 6.58. The zero-order chi connectivity index (χ0) is 19.7. The fourth-order valence-electron chi connectivity index (χ4n) is 4.98. The lowest BCUT2D eigenvalue weighted by Crippen LogP contribution is -2.42. The first-order valence-corrected chi connectivity index (χ1v) is 10.5. The summed E-state index contributed by atoms with van der Waals surface area (Å²) in [6.07, 6.45) is 4.14. The van der Waals surface area contributed by atoms with Crippen LogP contribution >= 0.6 is 0 Å². The van der Waals surface area contributed by atoms with E-state index >= 15 is 0 Å². The van der Waals surface area contributed by atoms with E-state index in [9.17, 15) is 4.79 Å². The monoisotopic (exact) mass is 386 g/mol. The number of benzene rings is 2. The highest BCUT2D eigenvalue weighted by Gasteiger charge is 2.47. The number of pyridine rings is 1. The number of nitrogens with one attached hydrogen (secondary N) is 1. The molecule has 1 aliphatic carbocycles. The van der Waals surface area contributed by atoms with E-state index in [4.69, 9.17) is 9.72 Å². The van der Waals surface area contributed by atoms with Gasteiger partial charge in [0.15, 0.2) is 0 Å². The van der Waals surface area contributed by atoms with E-state index < -0.39 is 0 Å². The first kappa shape index (κ1) is 18.3. The summed E-state index contributed by atoms with van der Waals surface area (Å²) in [7, 11) is 0. The van der Waals surface area contributed by atoms with Gasteiger partial charge < -0.3 is 10.1 Å². The SMILES string of the molecule is O=C(CCc1ccc2ccccc2n1)N[C@@H]1c2ccccc2CC12CCOCC2. The van der Waals surface area contributed by atoms with Crippen molar-refractivity contribution in [2.75, 3.05) is 13.2 Å². The number of aryl methyl sites for hydroxylation is 1. The van der Waals surface area contributed by atoms with Crippen LogP contribution in [-0.4, -0.2) is 24.1 Å². The van der Waals surface area contributed by atoms with E-state index in [-0.39, 0.29) is 17.4 Å². The Morgan fingerprint density at radius 2 is 1.83 bits per heavy atom. The highest BCUT2D eigenvalue weighted by Crippen LogP contribution is 2.51. The van der Waals surface area contributed by atoms with Gasteiger partial charge in [-0.1, -0.05) is 48.5 Å². The standard InChI is InChI=1S/C25H26N2O2/c28-23(12-11-20-10-9-18-5-2-4-8-22(18)26-20)27-24-21-7-3-1-6-19(21)17-25(24)13-15-29-16-14-25/h1-10,24H,11-17H2,(H,27,28)/t24-/m1/s1. The first-order valence-electron chi connectivity index (χ1n) is 10.5. The fourth-order valence-corrected chi connectivity index (χ4v) is 4.98. The molecule has 2 aliphatic rings. The molecule has 1 amide bonds. The Morgan fingerprint density at radius 3 is 2.72 bits per heavy atom. The van der Waals surface area contributed by atoms with E-state index in [0.717, 1.165) is 49.1 Å². The van der Waals surface area contributed by atoms with Crippen LogP contribution < -0.4 is 5.32 Å². The highest BCUT2D eigenvalue weighted by molar-refractivity contribution is 5.79. The normalized spacial score (nSPS) is 19.9. The van der Waals surface area contributed by atoms with Gasteiger partial charge in [0.25, 0.3) is 0 Å². The van der Waals surface area contributed by atoms with Crippen molar-refractivity contribution in [3.8, 4) is 0 Å². The maximum Gasteiger partial charge on any atom is 0.220 e. The van der Waals surface area contributed by atoms with Gasteiger partial charge in [-0.25, -0.2) is 0 Å². The number of fused-ring (bicyclic) bond motifs is 2. The van der Waals surface area contributed by atoms with Crippen molar-refractivity contribution in [2.24, 2.45) is 5.41 Å². The van der Waals surface area contributed by atoms with E-state index in [1.54, 1.807) is 0 Å². The van der Waals surface area contributed by atoms with Crippen molar-refractivity contribution in [2.45, 2.75) is 38.1 Å². The Hall–Kier alpha value is -2.72. The lowest BCUT2D eigenvalue weighted by atomic mass is 9.74. The molecular weight excluding hydrogens is 360 g/mol. The van der Waals surface area contributed by atoms with Gasteiger partial charge in [-0.2, -0.15) is 0 Å². The van der Waals surface area contributed by atoms with Crippen LogP contribution in [0.4, 0.5) is 0 Å². The van der Waals surface area contributed by atoms with Crippen molar-refractivity contribution in [3.05, 3.63) is 77.5 Å². The van der Waals surface area contributed by atoms with Crippen LogP contribution in [0.5, 0.6) is 0 Å². The summed E-state index contributed by atoms with van der Waals surface area (Å²) < 4.78 is 5.63. The average Bonchev–Trinajstić information content (AvgIpc) is 3.05. The highest BCUT2D eigenvalue weighted by atomic mass is 16.5. The largest absolute Gasteiger partial charge is 0.381 e. The van der Waals surface area contributed by atoms with Crippen LogP contribution in [0.3, 0.4) is 0 Å². The Bertz CT molecular complexity index is 1040. The molecule has 5 rings (SSSR count). The second kappa shape index (κ2) is 7.60. The molecule has 1 N–H and O–H groups in total. The first-order chi connectivity index (χ1) is 14.2. The Morgan fingerprint density at radius 1 is 1.03 bits per heavy atom. The fraction of sp³-hybridized carbons (Fsp3) is 0.360. The van der Waals surface area contributed by atoms with Gasteiger partial charge in [0, 0.05) is 36.1 Å². The molecule has 0 unspecified atom stereocenters. The molecule has 0 radical (unpaired) electrons. The number of nitrogens with zero attached hydrogens (tertiary/aromatic N) is 1. The van der Waals surface area contributed by atoms with Crippen LogP contribution in [0.25, 0.3) is 10.9 Å². The minimum atomic E-state index is 0.0830. The average molecular weight is 386 g/mol. The summed E-state index contributed by atoms with van der Waals surface area (Å²) in [4.78, 5) is 17.6. The summed E-state index contributed by atoms with van der Waals surface area (Å²) in [6, 6.07) is 20.8. The molecule has 0 bridgehead atoms. The maximum atomic E-state index is 12.9. The molecule has 2 heterocycles. The van der Waals surface area contributed by atoms with Crippen molar-refractivity contribution < 1.29 is 9.53 Å². The van der Waals surface area contributed by atoms with Crippen LogP contribution in [0.1, 0.15) is 42.1 Å². The summed E-state index contributed by atoms with van der Waals surface area (Å²) in [5.41, 5.74) is 4.70. The lowest BCUT2D eigenvalue weighted by molar-refractivity contribution is -0.123. The van der Waals surface area contributed by atoms with Gasteiger partial charge in [0.2, 0.25) is 5.91 Å². The Kier molecular flexibility index (Phi) is 4.80. The number of carbonyl (C=O) groups excluding carboxylic acids is 1. The van der Waals surface area contributed by atoms with Crippen LogP contribution in [-0.2, 0) is 22.4 Å². The van der Waals surface area contributed by atoms with E-state index in [2.05, 4.69) is 41.7 Å². The zero-order valence-corrected chi connectivity index (χ0v) is 16.6. The summed E-state index contributed by atoms with van der Waals surface area (Å²) in [5, 5.41) is 4.51. The molecule has 3 aromatic rings. The molecule has 1 atom stereocenters. The van der Waals surface area contributed by atoms with Crippen LogP contribution in [0.2, 0.25) is 0 Å². The molecule has 4 heteroatoms. The van der Waals surface area contributed by atoms with E-state index in [1.165, 1.54) is 11.1 Å². The predicted octanol–water partition coefficient (Wildman–Crippen LogP) is 4.38. The second-order valence-corrected chi connectivity index (χ2v) is 8.35. The minimum Gasteiger partial charge on any atom is -0.381 e. The van der Waals surface area contributed by atoms with E-state index in [0.29, 0.717) is 12.8 Å². The molecule has 29 heavy (non-hydrogen) atoms. The molecule has 1 aliphatic heterocycles. The summed E-state index contributed by atoms with van der Waals surface area (Å²) in [5.74, 6) is 0.104. The zero-order valence-electron chi connectivity index (χ0n) is 16.6. The number of hydrogen-bond donors (Lipinski definition) is 1. The topological polar surface area (TPSA) is 51.2 Å². The molecular formula is C25H26N2O2. The van der Waals surface area contributed by atoms with Crippen molar-refractivity contribution >= 4 is 16.8 Å². The molecule has 1 aromatic heterocycles. The Balaban J connectivity index is 1.30. The van der Waals surface area contributed by atoms with Crippen molar-refractivity contribution in [1.29, 1.82) is 0 Å². The number of carbonyl (C=O) groups is 1. The second-order valence-electron chi connectivity index (χ2n) is 8.35.